The monoisotopic (exact) mass is 243 g/mol. The van der Waals surface area contributed by atoms with E-state index in [1.807, 2.05) is 18.2 Å². The van der Waals surface area contributed by atoms with Gasteiger partial charge in [-0.25, -0.2) is 0 Å². The van der Waals surface area contributed by atoms with E-state index in [0.717, 1.165) is 12.0 Å². The lowest BCUT2D eigenvalue weighted by molar-refractivity contribution is 0.439. The Balaban J connectivity index is 2.94. The molecule has 2 N–H and O–H groups in total. The van der Waals surface area contributed by atoms with Crippen molar-refractivity contribution in [2.75, 3.05) is 6.54 Å². The molecule has 1 aromatic carbocycles. The number of hydrogen-bond donors (Lipinski definition) is 1. The number of rotatable bonds is 4. The van der Waals surface area contributed by atoms with Crippen molar-refractivity contribution >= 4 is 23.2 Å². The molecule has 0 fully saturated rings. The summed E-state index contributed by atoms with van der Waals surface area (Å²) in [6.07, 6.45) is 2.65. The minimum Gasteiger partial charge on any atom is -0.330 e. The van der Waals surface area contributed by atoms with E-state index < -0.39 is 0 Å². The molecule has 1 aromatic rings. The van der Waals surface area contributed by atoms with Crippen LogP contribution >= 0.6 is 23.2 Å². The van der Waals surface area contributed by atoms with Crippen molar-refractivity contribution in [1.29, 1.82) is 0 Å². The molecule has 1 rings (SSSR count). The topological polar surface area (TPSA) is 26.0 Å². The fourth-order valence-corrected chi connectivity index (χ4v) is 1.80. The van der Waals surface area contributed by atoms with Gasteiger partial charge >= 0.3 is 0 Å². The first-order chi connectivity index (χ1) is 7.00. The van der Waals surface area contributed by atoms with Crippen molar-refractivity contribution in [2.45, 2.75) is 13.3 Å². The summed E-state index contributed by atoms with van der Waals surface area (Å²) >= 11 is 11.9. The van der Waals surface area contributed by atoms with E-state index in [-0.39, 0.29) is 5.41 Å². The molecule has 0 spiro atoms. The first-order valence-electron chi connectivity index (χ1n) is 4.78. The van der Waals surface area contributed by atoms with E-state index in [1.165, 1.54) is 0 Å². The maximum absolute atomic E-state index is 6.09. The van der Waals surface area contributed by atoms with Crippen molar-refractivity contribution < 1.29 is 0 Å². The number of benzene rings is 1. The van der Waals surface area contributed by atoms with Gasteiger partial charge < -0.3 is 5.73 Å². The number of hydrogen-bond acceptors (Lipinski definition) is 1. The lowest BCUT2D eigenvalue weighted by atomic mass is 9.84. The Bertz CT molecular complexity index is 363. The van der Waals surface area contributed by atoms with E-state index in [9.17, 15) is 0 Å². The van der Waals surface area contributed by atoms with Crippen LogP contribution in [0.4, 0.5) is 0 Å². The summed E-state index contributed by atoms with van der Waals surface area (Å²) in [5.74, 6) is 0. The zero-order valence-electron chi connectivity index (χ0n) is 8.76. The van der Waals surface area contributed by atoms with Gasteiger partial charge in [0.15, 0.2) is 0 Å². The smallest absolute Gasteiger partial charge is 0.0453 e. The molecule has 0 saturated carbocycles. The van der Waals surface area contributed by atoms with Crippen LogP contribution in [0.2, 0.25) is 10.0 Å². The van der Waals surface area contributed by atoms with E-state index >= 15 is 0 Å². The molecular formula is C12H15Cl2N. The Morgan fingerprint density at radius 2 is 2.13 bits per heavy atom. The largest absolute Gasteiger partial charge is 0.330 e. The van der Waals surface area contributed by atoms with E-state index in [0.29, 0.717) is 16.6 Å². The Labute approximate surface area is 101 Å². The second-order valence-electron chi connectivity index (χ2n) is 3.97. The summed E-state index contributed by atoms with van der Waals surface area (Å²) in [6, 6.07) is 5.52. The van der Waals surface area contributed by atoms with Crippen LogP contribution < -0.4 is 5.73 Å². The predicted octanol–water partition coefficient (Wildman–Crippen LogP) is 3.69. The number of nitrogens with two attached hydrogens (primary N) is 1. The van der Waals surface area contributed by atoms with E-state index in [1.54, 1.807) is 6.07 Å². The molecule has 1 atom stereocenters. The van der Waals surface area contributed by atoms with Gasteiger partial charge in [-0.2, -0.15) is 0 Å². The molecular weight excluding hydrogens is 229 g/mol. The van der Waals surface area contributed by atoms with Crippen molar-refractivity contribution in [1.82, 2.24) is 0 Å². The highest BCUT2D eigenvalue weighted by molar-refractivity contribution is 6.35. The summed E-state index contributed by atoms with van der Waals surface area (Å²) < 4.78 is 0. The lowest BCUT2D eigenvalue weighted by Gasteiger charge is -2.24. The summed E-state index contributed by atoms with van der Waals surface area (Å²) in [4.78, 5) is 0. The van der Waals surface area contributed by atoms with Crippen molar-refractivity contribution in [3.05, 3.63) is 46.5 Å². The molecule has 0 bridgehead atoms. The SMILES string of the molecule is C=CC(C)(CN)Cc1ccc(Cl)cc1Cl. The zero-order valence-corrected chi connectivity index (χ0v) is 10.3. The molecule has 15 heavy (non-hydrogen) atoms. The normalized spacial score (nSPS) is 14.7. The molecule has 0 aliphatic carbocycles. The van der Waals surface area contributed by atoms with Gasteiger partial charge in [0.2, 0.25) is 0 Å². The van der Waals surface area contributed by atoms with Gasteiger partial charge in [-0.05, 0) is 24.1 Å². The average Bonchev–Trinajstić information content (AvgIpc) is 2.22. The van der Waals surface area contributed by atoms with Crippen LogP contribution in [-0.2, 0) is 6.42 Å². The lowest BCUT2D eigenvalue weighted by Crippen LogP contribution is -2.27. The highest BCUT2D eigenvalue weighted by Crippen LogP contribution is 2.28. The van der Waals surface area contributed by atoms with Crippen molar-refractivity contribution in [2.24, 2.45) is 11.1 Å². The van der Waals surface area contributed by atoms with Gasteiger partial charge in [0, 0.05) is 22.0 Å². The highest BCUT2D eigenvalue weighted by Gasteiger charge is 2.19. The van der Waals surface area contributed by atoms with Crippen molar-refractivity contribution in [3.63, 3.8) is 0 Å². The third-order valence-corrected chi connectivity index (χ3v) is 3.16. The van der Waals surface area contributed by atoms with Gasteiger partial charge in [0.05, 0.1) is 0 Å². The van der Waals surface area contributed by atoms with Crippen LogP contribution in [-0.4, -0.2) is 6.54 Å². The van der Waals surface area contributed by atoms with Crippen LogP contribution in [0.1, 0.15) is 12.5 Å². The number of halogens is 2. The molecule has 0 aromatic heterocycles. The fraction of sp³-hybridized carbons (Fsp3) is 0.333. The summed E-state index contributed by atoms with van der Waals surface area (Å²) in [6.45, 7) is 6.41. The maximum Gasteiger partial charge on any atom is 0.0453 e. The molecule has 1 unspecified atom stereocenters. The second kappa shape index (κ2) is 5.02. The molecule has 1 nitrogen and oxygen atoms in total. The third kappa shape index (κ3) is 3.23. The Hall–Kier alpha value is -0.500. The molecule has 0 amide bonds. The predicted molar refractivity (Wildman–Crippen MR) is 67.5 cm³/mol. The van der Waals surface area contributed by atoms with Gasteiger partial charge in [-0.3, -0.25) is 0 Å². The van der Waals surface area contributed by atoms with Crippen LogP contribution in [0.25, 0.3) is 0 Å². The van der Waals surface area contributed by atoms with Gasteiger partial charge in [-0.15, -0.1) is 6.58 Å². The summed E-state index contributed by atoms with van der Waals surface area (Å²) in [7, 11) is 0. The minimum absolute atomic E-state index is 0.114. The molecule has 3 heteroatoms. The first-order valence-corrected chi connectivity index (χ1v) is 5.54. The molecule has 0 radical (unpaired) electrons. The standard InChI is InChI=1S/C12H15Cl2N/c1-3-12(2,8-15)7-9-4-5-10(13)6-11(9)14/h3-6H,1,7-8,15H2,2H3. The molecule has 0 heterocycles. The Morgan fingerprint density at radius 1 is 1.47 bits per heavy atom. The van der Waals surface area contributed by atoms with Gasteiger partial charge in [0.25, 0.3) is 0 Å². The average molecular weight is 244 g/mol. The van der Waals surface area contributed by atoms with Crippen LogP contribution in [0.15, 0.2) is 30.9 Å². The Kier molecular flexibility index (Phi) is 4.21. The maximum atomic E-state index is 6.09. The van der Waals surface area contributed by atoms with Crippen LogP contribution in [0.5, 0.6) is 0 Å². The minimum atomic E-state index is -0.114. The Morgan fingerprint density at radius 3 is 2.60 bits per heavy atom. The summed E-state index contributed by atoms with van der Waals surface area (Å²) in [5, 5.41) is 1.33. The van der Waals surface area contributed by atoms with E-state index in [2.05, 4.69) is 13.5 Å². The molecule has 0 aliphatic heterocycles. The van der Waals surface area contributed by atoms with Crippen LogP contribution in [0, 0.1) is 5.41 Å². The fourth-order valence-electron chi connectivity index (χ4n) is 1.33. The quantitative estimate of drug-likeness (QED) is 0.803. The second-order valence-corrected chi connectivity index (χ2v) is 4.82. The van der Waals surface area contributed by atoms with Crippen molar-refractivity contribution in [3.8, 4) is 0 Å². The van der Waals surface area contributed by atoms with Gasteiger partial charge in [0.1, 0.15) is 0 Å². The van der Waals surface area contributed by atoms with E-state index in [4.69, 9.17) is 28.9 Å². The van der Waals surface area contributed by atoms with Gasteiger partial charge in [-0.1, -0.05) is 42.3 Å². The zero-order chi connectivity index (χ0) is 11.5. The summed E-state index contributed by atoms with van der Waals surface area (Å²) in [5.41, 5.74) is 6.64. The first kappa shape index (κ1) is 12.6. The molecule has 0 saturated heterocycles. The highest BCUT2D eigenvalue weighted by atomic mass is 35.5. The molecule has 0 aliphatic rings. The third-order valence-electron chi connectivity index (χ3n) is 2.57. The molecule has 82 valence electrons. The van der Waals surface area contributed by atoms with Crippen LogP contribution in [0.3, 0.4) is 0 Å².